The zero-order chi connectivity index (χ0) is 12.3. The molecule has 2 rings (SSSR count). The van der Waals surface area contributed by atoms with Crippen LogP contribution in [0.2, 0.25) is 0 Å². The molecular formula is C14H19NO2. The molecule has 1 aliphatic rings. The van der Waals surface area contributed by atoms with Gasteiger partial charge < -0.3 is 10.4 Å². The fourth-order valence-corrected chi connectivity index (χ4v) is 2.39. The second-order valence-electron chi connectivity index (χ2n) is 4.98. The minimum absolute atomic E-state index is 0.438. The van der Waals surface area contributed by atoms with Crippen molar-refractivity contribution in [2.24, 2.45) is 5.92 Å². The molecule has 92 valence electrons. The van der Waals surface area contributed by atoms with Gasteiger partial charge in [0.25, 0.3) is 0 Å². The van der Waals surface area contributed by atoms with Gasteiger partial charge >= 0.3 is 5.97 Å². The van der Waals surface area contributed by atoms with Gasteiger partial charge in [0.15, 0.2) is 0 Å². The molecule has 0 radical (unpaired) electrons. The normalized spacial score (nSPS) is 25.0. The number of aliphatic carboxylic acids is 1. The molecule has 1 saturated carbocycles. The van der Waals surface area contributed by atoms with Gasteiger partial charge in [-0.1, -0.05) is 37.3 Å². The van der Waals surface area contributed by atoms with Crippen molar-refractivity contribution in [2.45, 2.75) is 31.7 Å². The number of nitrogens with one attached hydrogen (secondary N) is 1. The Morgan fingerprint density at radius 1 is 1.41 bits per heavy atom. The lowest BCUT2D eigenvalue weighted by Crippen LogP contribution is -2.42. The van der Waals surface area contributed by atoms with Crippen LogP contribution in [0.4, 0.5) is 0 Å². The summed E-state index contributed by atoms with van der Waals surface area (Å²) in [5, 5.41) is 12.6. The van der Waals surface area contributed by atoms with Crippen LogP contribution in [0.5, 0.6) is 0 Å². The highest BCUT2D eigenvalue weighted by molar-refractivity contribution is 5.76. The Balaban J connectivity index is 1.92. The van der Waals surface area contributed by atoms with E-state index in [0.717, 1.165) is 11.5 Å². The molecule has 0 bridgehead atoms. The Hall–Kier alpha value is -1.35. The fraction of sp³-hybridized carbons (Fsp3) is 0.500. The minimum Gasteiger partial charge on any atom is -0.481 e. The monoisotopic (exact) mass is 233 g/mol. The summed E-state index contributed by atoms with van der Waals surface area (Å²) in [6, 6.07) is 9.94. The Kier molecular flexibility index (Phi) is 3.79. The third-order valence-corrected chi connectivity index (χ3v) is 3.48. The number of carboxylic acid groups (broad SMARTS) is 1. The smallest absolute Gasteiger partial charge is 0.312 e. The Morgan fingerprint density at radius 2 is 2.06 bits per heavy atom. The fourth-order valence-electron chi connectivity index (χ4n) is 2.39. The summed E-state index contributed by atoms with van der Waals surface area (Å²) in [6.45, 7) is 2.75. The Morgan fingerprint density at radius 3 is 2.59 bits per heavy atom. The van der Waals surface area contributed by atoms with Crippen LogP contribution in [-0.4, -0.2) is 23.7 Å². The van der Waals surface area contributed by atoms with Crippen molar-refractivity contribution in [2.75, 3.05) is 6.54 Å². The Bertz CT molecular complexity index is 371. The summed E-state index contributed by atoms with van der Waals surface area (Å²) in [7, 11) is 0. The molecule has 3 nitrogen and oxygen atoms in total. The summed E-state index contributed by atoms with van der Waals surface area (Å²) >= 11 is 0. The standard InChI is InChI=1S/C14H19NO2/c1-10-7-12(8-10)15-9-13(14(16)17)11-5-3-2-4-6-11/h2-6,10,12-13,15H,7-9H2,1H3,(H,16,17). The van der Waals surface area contributed by atoms with E-state index >= 15 is 0 Å². The van der Waals surface area contributed by atoms with Gasteiger partial charge in [0, 0.05) is 12.6 Å². The van der Waals surface area contributed by atoms with Gasteiger partial charge in [0.2, 0.25) is 0 Å². The van der Waals surface area contributed by atoms with Crippen molar-refractivity contribution >= 4 is 5.97 Å². The molecule has 0 amide bonds. The largest absolute Gasteiger partial charge is 0.481 e. The van der Waals surface area contributed by atoms with E-state index in [2.05, 4.69) is 12.2 Å². The van der Waals surface area contributed by atoms with Crippen molar-refractivity contribution in [3.05, 3.63) is 35.9 Å². The van der Waals surface area contributed by atoms with E-state index in [4.69, 9.17) is 0 Å². The van der Waals surface area contributed by atoms with Crippen LogP contribution in [0.1, 0.15) is 31.2 Å². The first-order valence-electron chi connectivity index (χ1n) is 6.18. The first-order valence-corrected chi connectivity index (χ1v) is 6.18. The molecule has 2 N–H and O–H groups in total. The summed E-state index contributed by atoms with van der Waals surface area (Å²) in [5.74, 6) is -0.407. The molecule has 1 aromatic rings. The summed E-state index contributed by atoms with van der Waals surface area (Å²) in [4.78, 5) is 11.2. The predicted octanol–water partition coefficient (Wildman–Crippen LogP) is 2.24. The molecule has 17 heavy (non-hydrogen) atoms. The van der Waals surface area contributed by atoms with E-state index in [0.29, 0.717) is 12.6 Å². The van der Waals surface area contributed by atoms with Gasteiger partial charge in [-0.2, -0.15) is 0 Å². The van der Waals surface area contributed by atoms with Gasteiger partial charge in [-0.15, -0.1) is 0 Å². The lowest BCUT2D eigenvalue weighted by Gasteiger charge is -2.34. The van der Waals surface area contributed by atoms with Crippen LogP contribution in [-0.2, 0) is 4.79 Å². The van der Waals surface area contributed by atoms with E-state index < -0.39 is 11.9 Å². The molecule has 1 aromatic carbocycles. The van der Waals surface area contributed by atoms with Crippen LogP contribution >= 0.6 is 0 Å². The Labute approximate surface area is 102 Å². The first-order chi connectivity index (χ1) is 8.16. The molecule has 0 aliphatic heterocycles. The quantitative estimate of drug-likeness (QED) is 0.820. The van der Waals surface area contributed by atoms with Crippen LogP contribution in [0.3, 0.4) is 0 Å². The molecule has 0 saturated heterocycles. The van der Waals surface area contributed by atoms with Gasteiger partial charge in [0.05, 0.1) is 5.92 Å². The third kappa shape index (κ3) is 3.07. The predicted molar refractivity (Wildman–Crippen MR) is 67.0 cm³/mol. The lowest BCUT2D eigenvalue weighted by atomic mass is 9.81. The van der Waals surface area contributed by atoms with Gasteiger partial charge in [-0.3, -0.25) is 4.79 Å². The van der Waals surface area contributed by atoms with E-state index in [1.165, 1.54) is 12.8 Å². The average Bonchev–Trinajstić information content (AvgIpc) is 2.27. The average molecular weight is 233 g/mol. The maximum atomic E-state index is 11.2. The van der Waals surface area contributed by atoms with Crippen molar-refractivity contribution in [3.8, 4) is 0 Å². The first kappa shape index (κ1) is 12.1. The number of benzene rings is 1. The van der Waals surface area contributed by atoms with Crippen LogP contribution in [0.15, 0.2) is 30.3 Å². The highest BCUT2D eigenvalue weighted by atomic mass is 16.4. The zero-order valence-corrected chi connectivity index (χ0v) is 10.1. The maximum Gasteiger partial charge on any atom is 0.312 e. The highest BCUT2D eigenvalue weighted by Gasteiger charge is 2.27. The van der Waals surface area contributed by atoms with E-state index in [1.807, 2.05) is 30.3 Å². The summed E-state index contributed by atoms with van der Waals surface area (Å²) in [6.07, 6.45) is 2.34. The van der Waals surface area contributed by atoms with Gasteiger partial charge in [0.1, 0.15) is 0 Å². The summed E-state index contributed by atoms with van der Waals surface area (Å²) < 4.78 is 0. The van der Waals surface area contributed by atoms with E-state index in [9.17, 15) is 9.90 Å². The second kappa shape index (κ2) is 5.32. The van der Waals surface area contributed by atoms with Crippen LogP contribution < -0.4 is 5.32 Å². The molecule has 0 aromatic heterocycles. The number of rotatable bonds is 5. The van der Waals surface area contributed by atoms with Crippen molar-refractivity contribution < 1.29 is 9.90 Å². The molecule has 0 heterocycles. The van der Waals surface area contributed by atoms with Crippen molar-refractivity contribution in [1.82, 2.24) is 5.32 Å². The van der Waals surface area contributed by atoms with E-state index in [-0.39, 0.29) is 0 Å². The molecule has 3 heteroatoms. The van der Waals surface area contributed by atoms with Crippen molar-refractivity contribution in [1.29, 1.82) is 0 Å². The second-order valence-corrected chi connectivity index (χ2v) is 4.98. The van der Waals surface area contributed by atoms with E-state index in [1.54, 1.807) is 0 Å². The molecule has 1 aliphatic carbocycles. The van der Waals surface area contributed by atoms with Crippen molar-refractivity contribution in [3.63, 3.8) is 0 Å². The maximum absolute atomic E-state index is 11.2. The summed E-state index contributed by atoms with van der Waals surface area (Å²) in [5.41, 5.74) is 0.875. The number of hydrogen-bond donors (Lipinski definition) is 2. The zero-order valence-electron chi connectivity index (χ0n) is 10.1. The third-order valence-electron chi connectivity index (χ3n) is 3.48. The molecule has 1 atom stereocenters. The minimum atomic E-state index is -0.754. The molecular weight excluding hydrogens is 214 g/mol. The van der Waals surface area contributed by atoms with Crippen LogP contribution in [0, 0.1) is 5.92 Å². The molecule has 0 spiro atoms. The van der Waals surface area contributed by atoms with Crippen LogP contribution in [0.25, 0.3) is 0 Å². The van der Waals surface area contributed by atoms with Gasteiger partial charge in [-0.25, -0.2) is 0 Å². The number of hydrogen-bond acceptors (Lipinski definition) is 2. The number of carboxylic acids is 1. The molecule has 1 unspecified atom stereocenters. The lowest BCUT2D eigenvalue weighted by molar-refractivity contribution is -0.138. The van der Waals surface area contributed by atoms with Gasteiger partial charge in [-0.05, 0) is 24.3 Å². The topological polar surface area (TPSA) is 49.3 Å². The number of carbonyl (C=O) groups is 1. The highest BCUT2D eigenvalue weighted by Crippen LogP contribution is 2.27. The SMILES string of the molecule is CC1CC(NCC(C(=O)O)c2ccccc2)C1. The molecule has 1 fully saturated rings.